The molecule has 46 heavy (non-hydrogen) atoms. The predicted molar refractivity (Wildman–Crippen MR) is 187 cm³/mol. The van der Waals surface area contributed by atoms with Gasteiger partial charge in [0.2, 0.25) is 5.91 Å². The number of amides is 3. The summed E-state index contributed by atoms with van der Waals surface area (Å²) in [6.07, 6.45) is 1.62. The molecule has 1 unspecified atom stereocenters. The second kappa shape index (κ2) is 15.3. The zero-order valence-electron chi connectivity index (χ0n) is 24.7. The molecular formula is C37H29BrFN3O3S. The number of halogens is 2. The average Bonchev–Trinajstić information content (AvgIpc) is 3.07. The first-order valence-electron chi connectivity index (χ1n) is 14.3. The molecule has 0 aromatic heterocycles. The number of benzene rings is 5. The standard InChI is InChI=1S/C37H29BrFN3O3S/c1-24(35(43)41-33-20-19-29(38)22-32(33)39)46-31-14-8-13-30(23-31)40-37(45)34(42-36(44)28-11-6-3-7-12-28)21-25-15-17-27(18-16-25)26-9-4-2-5-10-26/h2-24H,1H3,(H,40,45)(H,41,43)(H,42,44)/b34-21+. The van der Waals surface area contributed by atoms with Crippen LogP contribution in [-0.4, -0.2) is 23.0 Å². The van der Waals surface area contributed by atoms with Crippen LogP contribution in [0.5, 0.6) is 0 Å². The Labute approximate surface area is 279 Å². The van der Waals surface area contributed by atoms with Crippen LogP contribution >= 0.6 is 27.7 Å². The number of carbonyl (C=O) groups is 3. The first-order chi connectivity index (χ1) is 22.2. The van der Waals surface area contributed by atoms with Crippen molar-refractivity contribution < 1.29 is 18.8 Å². The van der Waals surface area contributed by atoms with E-state index in [1.54, 1.807) is 61.5 Å². The molecule has 0 spiro atoms. The van der Waals surface area contributed by atoms with Gasteiger partial charge < -0.3 is 16.0 Å². The summed E-state index contributed by atoms with van der Waals surface area (Å²) in [5, 5.41) is 7.67. The van der Waals surface area contributed by atoms with E-state index in [0.29, 0.717) is 20.6 Å². The summed E-state index contributed by atoms with van der Waals surface area (Å²) in [6, 6.07) is 37.7. The third kappa shape index (κ3) is 8.80. The first-order valence-corrected chi connectivity index (χ1v) is 16.0. The predicted octanol–water partition coefficient (Wildman–Crippen LogP) is 8.78. The number of hydrogen-bond donors (Lipinski definition) is 3. The second-order valence-corrected chi connectivity index (χ2v) is 12.6. The van der Waals surface area contributed by atoms with Crippen LogP contribution in [0.25, 0.3) is 17.2 Å². The van der Waals surface area contributed by atoms with Gasteiger partial charge in [-0.25, -0.2) is 4.39 Å². The van der Waals surface area contributed by atoms with Crippen molar-refractivity contribution in [2.24, 2.45) is 0 Å². The summed E-state index contributed by atoms with van der Waals surface area (Å²) in [5.74, 6) is -1.85. The lowest BCUT2D eigenvalue weighted by Gasteiger charge is -2.14. The molecule has 3 amide bonds. The van der Waals surface area contributed by atoms with Gasteiger partial charge in [-0.1, -0.05) is 94.8 Å². The van der Waals surface area contributed by atoms with Crippen LogP contribution in [0, 0.1) is 5.82 Å². The van der Waals surface area contributed by atoms with Gasteiger partial charge in [-0.15, -0.1) is 11.8 Å². The second-order valence-electron chi connectivity index (χ2n) is 10.2. The van der Waals surface area contributed by atoms with E-state index in [0.717, 1.165) is 16.7 Å². The van der Waals surface area contributed by atoms with Gasteiger partial charge in [0.25, 0.3) is 11.8 Å². The molecule has 0 bridgehead atoms. The molecule has 230 valence electrons. The Kier molecular flexibility index (Phi) is 10.8. The summed E-state index contributed by atoms with van der Waals surface area (Å²) < 4.78 is 14.8. The molecule has 0 saturated heterocycles. The highest BCUT2D eigenvalue weighted by Crippen LogP contribution is 2.28. The molecule has 0 radical (unpaired) electrons. The summed E-state index contributed by atoms with van der Waals surface area (Å²) in [5.41, 5.74) is 3.85. The van der Waals surface area contributed by atoms with Crippen LogP contribution < -0.4 is 16.0 Å². The molecule has 0 heterocycles. The molecule has 3 N–H and O–H groups in total. The quantitative estimate of drug-likeness (QED) is 0.101. The Hall–Kier alpha value is -4.99. The van der Waals surface area contributed by atoms with Crippen molar-refractivity contribution in [3.05, 3.63) is 155 Å². The lowest BCUT2D eigenvalue weighted by atomic mass is 10.0. The van der Waals surface area contributed by atoms with E-state index in [1.165, 1.54) is 23.9 Å². The highest BCUT2D eigenvalue weighted by atomic mass is 79.9. The maximum absolute atomic E-state index is 14.2. The summed E-state index contributed by atoms with van der Waals surface area (Å²) in [7, 11) is 0. The molecule has 5 aromatic rings. The molecule has 0 aliphatic carbocycles. The van der Waals surface area contributed by atoms with Gasteiger partial charge >= 0.3 is 0 Å². The number of anilines is 2. The summed E-state index contributed by atoms with van der Waals surface area (Å²) >= 11 is 4.47. The Morgan fingerprint density at radius 2 is 1.43 bits per heavy atom. The molecule has 9 heteroatoms. The molecule has 0 saturated carbocycles. The Balaban J connectivity index is 1.31. The maximum atomic E-state index is 14.2. The molecule has 6 nitrogen and oxygen atoms in total. The van der Waals surface area contributed by atoms with Crippen molar-refractivity contribution in [2.75, 3.05) is 10.6 Å². The van der Waals surface area contributed by atoms with Gasteiger partial charge in [0.15, 0.2) is 0 Å². The minimum absolute atomic E-state index is 0.0589. The summed E-state index contributed by atoms with van der Waals surface area (Å²) in [6.45, 7) is 1.71. The molecule has 5 aromatic carbocycles. The highest BCUT2D eigenvalue weighted by molar-refractivity contribution is 9.10. The van der Waals surface area contributed by atoms with Gasteiger partial charge in [-0.2, -0.15) is 0 Å². The van der Waals surface area contributed by atoms with Gasteiger partial charge in [0.05, 0.1) is 10.9 Å². The van der Waals surface area contributed by atoms with Crippen LogP contribution in [-0.2, 0) is 9.59 Å². The Morgan fingerprint density at radius 1 is 0.761 bits per heavy atom. The van der Waals surface area contributed by atoms with Crippen LogP contribution in [0.3, 0.4) is 0 Å². The third-order valence-corrected chi connectivity index (χ3v) is 8.41. The number of carbonyl (C=O) groups excluding carboxylic acids is 3. The molecule has 0 aliphatic rings. The van der Waals surface area contributed by atoms with Crippen molar-refractivity contribution in [1.29, 1.82) is 0 Å². The smallest absolute Gasteiger partial charge is 0.272 e. The maximum Gasteiger partial charge on any atom is 0.272 e. The van der Waals surface area contributed by atoms with Crippen LogP contribution in [0.15, 0.2) is 142 Å². The average molecular weight is 695 g/mol. The minimum atomic E-state index is -0.562. The summed E-state index contributed by atoms with van der Waals surface area (Å²) in [4.78, 5) is 40.1. The van der Waals surface area contributed by atoms with Gasteiger partial charge in [-0.05, 0) is 78.2 Å². The van der Waals surface area contributed by atoms with Crippen molar-refractivity contribution in [1.82, 2.24) is 5.32 Å². The molecular weight excluding hydrogens is 665 g/mol. The fraction of sp³-hybridized carbons (Fsp3) is 0.0541. The van der Waals surface area contributed by atoms with Crippen molar-refractivity contribution in [3.63, 3.8) is 0 Å². The molecule has 1 atom stereocenters. The largest absolute Gasteiger partial charge is 0.323 e. The Bertz CT molecular complexity index is 1880. The lowest BCUT2D eigenvalue weighted by Crippen LogP contribution is -2.30. The van der Waals surface area contributed by atoms with Crippen molar-refractivity contribution >= 4 is 62.9 Å². The van der Waals surface area contributed by atoms with E-state index >= 15 is 0 Å². The van der Waals surface area contributed by atoms with Crippen LogP contribution in [0.1, 0.15) is 22.8 Å². The lowest BCUT2D eigenvalue weighted by molar-refractivity contribution is -0.115. The molecule has 5 rings (SSSR count). The zero-order chi connectivity index (χ0) is 32.5. The molecule has 0 aliphatic heterocycles. The van der Waals surface area contributed by atoms with Gasteiger partial charge in [-0.3, -0.25) is 14.4 Å². The van der Waals surface area contributed by atoms with E-state index in [9.17, 15) is 18.8 Å². The SMILES string of the molecule is CC(Sc1cccc(NC(=O)/C(=C\c2ccc(-c3ccccc3)cc2)NC(=O)c2ccccc2)c1)C(=O)Nc1ccc(Br)cc1F. The number of nitrogens with one attached hydrogen (secondary N) is 3. The fourth-order valence-corrected chi connectivity index (χ4v) is 5.70. The van der Waals surface area contributed by atoms with E-state index in [1.807, 2.05) is 66.7 Å². The van der Waals surface area contributed by atoms with E-state index < -0.39 is 22.9 Å². The number of hydrogen-bond acceptors (Lipinski definition) is 4. The fourth-order valence-electron chi connectivity index (χ4n) is 4.44. The zero-order valence-corrected chi connectivity index (χ0v) is 27.1. The monoisotopic (exact) mass is 693 g/mol. The van der Waals surface area contributed by atoms with Crippen LogP contribution in [0.4, 0.5) is 15.8 Å². The number of thioether (sulfide) groups is 1. The first kappa shape index (κ1) is 32.4. The topological polar surface area (TPSA) is 87.3 Å². The van der Waals surface area contributed by atoms with Crippen molar-refractivity contribution in [3.8, 4) is 11.1 Å². The third-order valence-electron chi connectivity index (χ3n) is 6.82. The Morgan fingerprint density at radius 3 is 2.13 bits per heavy atom. The van der Waals surface area contributed by atoms with Gasteiger partial charge in [0, 0.05) is 20.6 Å². The normalized spacial score (nSPS) is 11.8. The molecule has 0 fully saturated rings. The number of rotatable bonds is 10. The van der Waals surface area contributed by atoms with Crippen LogP contribution in [0.2, 0.25) is 0 Å². The van der Waals surface area contributed by atoms with E-state index in [4.69, 9.17) is 0 Å². The van der Waals surface area contributed by atoms with E-state index in [-0.39, 0.29) is 17.3 Å². The van der Waals surface area contributed by atoms with Crippen molar-refractivity contribution in [2.45, 2.75) is 17.1 Å². The van der Waals surface area contributed by atoms with E-state index in [2.05, 4.69) is 31.9 Å². The van der Waals surface area contributed by atoms with Gasteiger partial charge in [0.1, 0.15) is 11.5 Å². The minimum Gasteiger partial charge on any atom is -0.323 e. The highest BCUT2D eigenvalue weighted by Gasteiger charge is 2.18.